The Balaban J connectivity index is 1.54. The molecule has 3 saturated carbocycles. The Bertz CT molecular complexity index is 365. The molecule has 0 heterocycles. The third-order valence-corrected chi connectivity index (χ3v) is 7.39. The SMILES string of the molecule is CC1CCC(C2CCC(C3CC(F)C(C)C(F)C3)C(F)C2)CC1. The number of rotatable bonds is 2. The van der Waals surface area contributed by atoms with Gasteiger partial charge in [-0.15, -0.1) is 0 Å². The zero-order valence-corrected chi connectivity index (χ0v) is 14.7. The van der Waals surface area contributed by atoms with Crippen molar-refractivity contribution in [1.82, 2.24) is 0 Å². The zero-order chi connectivity index (χ0) is 16.6. The monoisotopic (exact) mass is 330 g/mol. The van der Waals surface area contributed by atoms with E-state index >= 15 is 0 Å². The van der Waals surface area contributed by atoms with Gasteiger partial charge in [0.25, 0.3) is 0 Å². The molecule has 5 atom stereocenters. The van der Waals surface area contributed by atoms with Gasteiger partial charge in [-0.05, 0) is 74.5 Å². The summed E-state index contributed by atoms with van der Waals surface area (Å²) in [7, 11) is 0. The van der Waals surface area contributed by atoms with Gasteiger partial charge in [0.05, 0.1) is 0 Å². The lowest BCUT2D eigenvalue weighted by atomic mass is 9.64. The van der Waals surface area contributed by atoms with Gasteiger partial charge < -0.3 is 0 Å². The van der Waals surface area contributed by atoms with Gasteiger partial charge in [-0.25, -0.2) is 13.2 Å². The second-order valence-corrected chi connectivity index (χ2v) is 8.90. The second-order valence-electron chi connectivity index (χ2n) is 8.90. The average molecular weight is 330 g/mol. The highest BCUT2D eigenvalue weighted by molar-refractivity contribution is 4.93. The van der Waals surface area contributed by atoms with E-state index < -0.39 is 24.4 Å². The molecular formula is C20H33F3. The lowest BCUT2D eigenvalue weighted by molar-refractivity contribution is -0.0125. The minimum absolute atomic E-state index is 0.0847. The molecule has 5 unspecified atom stereocenters. The third kappa shape index (κ3) is 3.90. The second kappa shape index (κ2) is 7.35. The Hall–Kier alpha value is -0.210. The summed E-state index contributed by atoms with van der Waals surface area (Å²) in [6.45, 7) is 3.97. The van der Waals surface area contributed by atoms with Crippen molar-refractivity contribution in [3.05, 3.63) is 0 Å². The van der Waals surface area contributed by atoms with Crippen molar-refractivity contribution in [2.75, 3.05) is 0 Å². The summed E-state index contributed by atoms with van der Waals surface area (Å²) in [6, 6.07) is 0. The van der Waals surface area contributed by atoms with Crippen LogP contribution >= 0.6 is 0 Å². The molecule has 0 aromatic rings. The first-order valence-electron chi connectivity index (χ1n) is 9.88. The Labute approximate surface area is 139 Å². The molecule has 3 fully saturated rings. The quantitative estimate of drug-likeness (QED) is 0.558. The van der Waals surface area contributed by atoms with Crippen molar-refractivity contribution in [3.63, 3.8) is 0 Å². The molecule has 0 spiro atoms. The van der Waals surface area contributed by atoms with E-state index in [4.69, 9.17) is 0 Å². The van der Waals surface area contributed by atoms with Crippen LogP contribution in [0.1, 0.15) is 71.6 Å². The van der Waals surface area contributed by atoms with Crippen LogP contribution in [-0.2, 0) is 0 Å². The van der Waals surface area contributed by atoms with E-state index in [2.05, 4.69) is 6.92 Å². The van der Waals surface area contributed by atoms with Gasteiger partial charge in [0, 0.05) is 5.92 Å². The van der Waals surface area contributed by atoms with E-state index in [9.17, 15) is 13.2 Å². The van der Waals surface area contributed by atoms with Crippen LogP contribution in [0.4, 0.5) is 13.2 Å². The van der Waals surface area contributed by atoms with E-state index in [1.165, 1.54) is 25.7 Å². The largest absolute Gasteiger partial charge is 0.247 e. The van der Waals surface area contributed by atoms with E-state index in [0.29, 0.717) is 31.1 Å². The standard InChI is InChI=1S/C20H33F3/c1-12-3-5-14(6-4-12)15-7-8-17(20(23)9-15)16-10-18(21)13(2)19(22)11-16/h12-20H,3-11H2,1-2H3. The van der Waals surface area contributed by atoms with Gasteiger partial charge in [0.15, 0.2) is 0 Å². The summed E-state index contributed by atoms with van der Waals surface area (Å²) < 4.78 is 42.8. The number of alkyl halides is 3. The molecule has 3 aliphatic carbocycles. The van der Waals surface area contributed by atoms with Crippen LogP contribution in [0.2, 0.25) is 0 Å². The van der Waals surface area contributed by atoms with Crippen LogP contribution < -0.4 is 0 Å². The van der Waals surface area contributed by atoms with Gasteiger partial charge in [0.2, 0.25) is 0 Å². The molecule has 134 valence electrons. The summed E-state index contributed by atoms with van der Waals surface area (Å²) in [5, 5.41) is 0. The molecule has 0 aromatic heterocycles. The maximum absolute atomic E-state index is 14.8. The van der Waals surface area contributed by atoms with Crippen molar-refractivity contribution in [1.29, 1.82) is 0 Å². The van der Waals surface area contributed by atoms with Gasteiger partial charge in [-0.2, -0.15) is 0 Å². The molecule has 0 amide bonds. The maximum Gasteiger partial charge on any atom is 0.106 e. The smallest absolute Gasteiger partial charge is 0.106 e. The summed E-state index contributed by atoms with van der Waals surface area (Å²) in [6.07, 6.45) is 5.37. The van der Waals surface area contributed by atoms with E-state index in [1.807, 2.05) is 0 Å². The number of halogens is 3. The lowest BCUT2D eigenvalue weighted by Crippen LogP contribution is -2.41. The molecule has 0 N–H and O–H groups in total. The third-order valence-electron chi connectivity index (χ3n) is 7.39. The molecular weight excluding hydrogens is 297 g/mol. The summed E-state index contributed by atoms with van der Waals surface area (Å²) in [5.41, 5.74) is 0. The van der Waals surface area contributed by atoms with Gasteiger partial charge in [0.1, 0.15) is 18.5 Å². The number of hydrogen-bond donors (Lipinski definition) is 0. The average Bonchev–Trinajstić information content (AvgIpc) is 2.53. The van der Waals surface area contributed by atoms with Crippen molar-refractivity contribution in [2.45, 2.75) is 90.1 Å². The van der Waals surface area contributed by atoms with Gasteiger partial charge >= 0.3 is 0 Å². The van der Waals surface area contributed by atoms with Crippen molar-refractivity contribution in [2.24, 2.45) is 35.5 Å². The van der Waals surface area contributed by atoms with Crippen LogP contribution in [0.5, 0.6) is 0 Å². The molecule has 3 aliphatic rings. The summed E-state index contributed by atoms with van der Waals surface area (Å²) in [4.78, 5) is 0. The van der Waals surface area contributed by atoms with Crippen LogP contribution in [0.25, 0.3) is 0 Å². The molecule has 0 aliphatic heterocycles. The fourth-order valence-corrected chi connectivity index (χ4v) is 5.57. The Morgan fingerprint density at radius 3 is 1.65 bits per heavy atom. The highest BCUT2D eigenvalue weighted by Crippen LogP contribution is 2.47. The Morgan fingerprint density at radius 2 is 1.09 bits per heavy atom. The molecule has 0 bridgehead atoms. The van der Waals surface area contributed by atoms with E-state index in [-0.39, 0.29) is 11.8 Å². The predicted molar refractivity (Wildman–Crippen MR) is 88.5 cm³/mol. The minimum Gasteiger partial charge on any atom is -0.247 e. The molecule has 0 aromatic carbocycles. The topological polar surface area (TPSA) is 0 Å². The highest BCUT2D eigenvalue weighted by Gasteiger charge is 2.44. The molecule has 0 nitrogen and oxygen atoms in total. The summed E-state index contributed by atoms with van der Waals surface area (Å²) in [5.74, 6) is 1.34. The fourth-order valence-electron chi connectivity index (χ4n) is 5.57. The minimum atomic E-state index is -1.09. The van der Waals surface area contributed by atoms with Gasteiger partial charge in [-0.1, -0.05) is 26.7 Å². The summed E-state index contributed by atoms with van der Waals surface area (Å²) >= 11 is 0. The predicted octanol–water partition coefficient (Wildman–Crippen LogP) is 6.29. The molecule has 0 saturated heterocycles. The van der Waals surface area contributed by atoms with Crippen LogP contribution in [0, 0.1) is 35.5 Å². The van der Waals surface area contributed by atoms with Gasteiger partial charge in [-0.3, -0.25) is 0 Å². The van der Waals surface area contributed by atoms with Crippen molar-refractivity contribution < 1.29 is 13.2 Å². The fraction of sp³-hybridized carbons (Fsp3) is 1.00. The zero-order valence-electron chi connectivity index (χ0n) is 14.7. The van der Waals surface area contributed by atoms with Crippen LogP contribution in [0.15, 0.2) is 0 Å². The first kappa shape index (κ1) is 17.6. The van der Waals surface area contributed by atoms with Crippen LogP contribution in [-0.4, -0.2) is 18.5 Å². The Morgan fingerprint density at radius 1 is 0.565 bits per heavy atom. The molecule has 3 rings (SSSR count). The van der Waals surface area contributed by atoms with E-state index in [0.717, 1.165) is 18.8 Å². The first-order chi connectivity index (χ1) is 11.0. The van der Waals surface area contributed by atoms with Crippen molar-refractivity contribution in [3.8, 4) is 0 Å². The Kier molecular flexibility index (Phi) is 5.63. The number of hydrogen-bond acceptors (Lipinski definition) is 0. The highest BCUT2D eigenvalue weighted by atomic mass is 19.1. The van der Waals surface area contributed by atoms with Crippen LogP contribution in [0.3, 0.4) is 0 Å². The molecule has 0 radical (unpaired) electrons. The molecule has 3 heteroatoms. The van der Waals surface area contributed by atoms with E-state index in [1.54, 1.807) is 6.92 Å². The first-order valence-corrected chi connectivity index (χ1v) is 9.88. The molecule has 23 heavy (non-hydrogen) atoms. The normalized spacial score (nSPS) is 52.3. The van der Waals surface area contributed by atoms with Crippen molar-refractivity contribution >= 4 is 0 Å². The maximum atomic E-state index is 14.8. The lowest BCUT2D eigenvalue weighted by Gasteiger charge is -2.43.